The van der Waals surface area contributed by atoms with Crippen LogP contribution in [0.5, 0.6) is 0 Å². The van der Waals surface area contributed by atoms with Gasteiger partial charge in [0.15, 0.2) is 0 Å². The summed E-state index contributed by atoms with van der Waals surface area (Å²) in [6, 6.07) is 10.4. The van der Waals surface area contributed by atoms with Gasteiger partial charge in [-0.1, -0.05) is 12.8 Å². The molecular weight excluding hydrogens is 346 g/mol. The first-order valence-electron chi connectivity index (χ1n) is 11.0. The van der Waals surface area contributed by atoms with Crippen molar-refractivity contribution in [3.63, 3.8) is 0 Å². The van der Waals surface area contributed by atoms with Crippen molar-refractivity contribution in [2.24, 2.45) is 0 Å². The van der Waals surface area contributed by atoms with E-state index in [1.54, 1.807) is 0 Å². The van der Waals surface area contributed by atoms with E-state index in [4.69, 9.17) is 0 Å². The lowest BCUT2D eigenvalue weighted by Gasteiger charge is -2.19. The molecule has 0 radical (unpaired) electrons. The number of nitrogens with one attached hydrogen (secondary N) is 1. The molecule has 0 spiro atoms. The van der Waals surface area contributed by atoms with Crippen molar-refractivity contribution in [1.29, 1.82) is 0 Å². The van der Waals surface area contributed by atoms with Gasteiger partial charge in [-0.05, 0) is 94.4 Å². The van der Waals surface area contributed by atoms with Crippen LogP contribution in [0, 0.1) is 6.92 Å². The summed E-state index contributed by atoms with van der Waals surface area (Å²) in [5.74, 6) is 0.0348. The summed E-state index contributed by atoms with van der Waals surface area (Å²) in [6.07, 6.45) is 10.2. The average molecular weight is 380 g/mol. The molecule has 1 aromatic carbocycles. The molecule has 4 nitrogen and oxygen atoms in total. The van der Waals surface area contributed by atoms with E-state index >= 15 is 0 Å². The van der Waals surface area contributed by atoms with Crippen molar-refractivity contribution in [2.75, 3.05) is 26.2 Å². The number of carbonyl (C=O) groups is 1. The van der Waals surface area contributed by atoms with Crippen LogP contribution in [0.1, 0.15) is 65.8 Å². The van der Waals surface area contributed by atoms with Crippen molar-refractivity contribution >= 4 is 5.91 Å². The van der Waals surface area contributed by atoms with E-state index in [0.29, 0.717) is 0 Å². The Kier molecular flexibility index (Phi) is 6.16. The lowest BCUT2D eigenvalue weighted by molar-refractivity contribution is 0.0948. The lowest BCUT2D eigenvalue weighted by Crippen LogP contribution is -2.35. The summed E-state index contributed by atoms with van der Waals surface area (Å²) < 4.78 is 2.37. The highest BCUT2D eigenvalue weighted by molar-refractivity contribution is 5.94. The van der Waals surface area contributed by atoms with Crippen molar-refractivity contribution in [3.05, 3.63) is 52.8 Å². The molecule has 1 amide bonds. The molecule has 1 fully saturated rings. The normalized spacial score (nSPS) is 17.8. The predicted octanol–water partition coefficient (Wildman–Crippen LogP) is 4.27. The molecule has 28 heavy (non-hydrogen) atoms. The number of carbonyl (C=O) groups excluding carboxylic acids is 1. The van der Waals surface area contributed by atoms with Crippen LogP contribution in [0.2, 0.25) is 0 Å². The van der Waals surface area contributed by atoms with E-state index in [2.05, 4.69) is 39.9 Å². The number of amides is 1. The summed E-state index contributed by atoms with van der Waals surface area (Å²) in [5, 5.41) is 3.09. The molecule has 4 rings (SSSR count). The zero-order chi connectivity index (χ0) is 19.3. The van der Waals surface area contributed by atoms with Gasteiger partial charge in [0.05, 0.1) is 0 Å². The summed E-state index contributed by atoms with van der Waals surface area (Å²) in [5.41, 5.74) is 6.17. The Balaban J connectivity index is 1.37. The second-order valence-electron chi connectivity index (χ2n) is 8.36. The van der Waals surface area contributed by atoms with E-state index in [1.807, 2.05) is 12.1 Å². The number of hydrogen-bond donors (Lipinski definition) is 1. The van der Waals surface area contributed by atoms with Gasteiger partial charge in [-0.25, -0.2) is 0 Å². The Bertz CT molecular complexity index is 798. The summed E-state index contributed by atoms with van der Waals surface area (Å²) >= 11 is 0. The number of likely N-dealkylation sites (tertiary alicyclic amines) is 1. The number of hydrogen-bond acceptors (Lipinski definition) is 2. The smallest absolute Gasteiger partial charge is 0.251 e. The second kappa shape index (κ2) is 8.95. The van der Waals surface area contributed by atoms with E-state index in [9.17, 15) is 4.79 Å². The number of benzene rings is 1. The van der Waals surface area contributed by atoms with Gasteiger partial charge < -0.3 is 14.8 Å². The van der Waals surface area contributed by atoms with Gasteiger partial charge in [0.1, 0.15) is 0 Å². The molecule has 0 saturated carbocycles. The molecule has 1 aromatic heterocycles. The Morgan fingerprint density at radius 1 is 0.964 bits per heavy atom. The molecule has 0 atom stereocenters. The van der Waals surface area contributed by atoms with Crippen LogP contribution >= 0.6 is 0 Å². The molecule has 1 aliphatic carbocycles. The minimum absolute atomic E-state index is 0.0348. The number of aryl methyl sites for hydroxylation is 2. The highest BCUT2D eigenvalue weighted by Gasteiger charge is 2.17. The average Bonchev–Trinajstić information content (AvgIpc) is 2.87. The fourth-order valence-corrected chi connectivity index (χ4v) is 4.76. The number of nitrogens with zero attached hydrogens (tertiary/aromatic N) is 2. The fourth-order valence-electron chi connectivity index (χ4n) is 4.76. The van der Waals surface area contributed by atoms with Crippen LogP contribution in [0.25, 0.3) is 5.69 Å². The molecule has 2 aromatic rings. The first kappa shape index (κ1) is 19.3. The summed E-state index contributed by atoms with van der Waals surface area (Å²) in [7, 11) is 0. The largest absolute Gasteiger partial charge is 0.351 e. The van der Waals surface area contributed by atoms with E-state index in [1.165, 1.54) is 80.7 Å². The third-order valence-corrected chi connectivity index (χ3v) is 6.29. The first-order chi connectivity index (χ1) is 13.7. The highest BCUT2D eigenvalue weighted by atomic mass is 16.1. The van der Waals surface area contributed by atoms with Gasteiger partial charge in [-0.15, -0.1) is 0 Å². The van der Waals surface area contributed by atoms with Crippen molar-refractivity contribution in [1.82, 2.24) is 14.8 Å². The molecule has 0 unspecified atom stereocenters. The topological polar surface area (TPSA) is 37.3 Å². The van der Waals surface area contributed by atoms with Gasteiger partial charge in [0.2, 0.25) is 0 Å². The predicted molar refractivity (Wildman–Crippen MR) is 114 cm³/mol. The standard InChI is InChI=1S/C24H33N3O/c1-19-18-21-8-4-5-9-23(21)27(19)22-12-10-20(11-13-22)24(28)25-14-17-26-15-6-2-3-7-16-26/h10-13,18H,2-9,14-17H2,1H3,(H,25,28). The van der Waals surface area contributed by atoms with Crippen LogP contribution < -0.4 is 5.32 Å². The van der Waals surface area contributed by atoms with Crippen LogP contribution in [-0.4, -0.2) is 41.6 Å². The third-order valence-electron chi connectivity index (χ3n) is 6.29. The highest BCUT2D eigenvalue weighted by Crippen LogP contribution is 2.28. The van der Waals surface area contributed by atoms with Crippen molar-refractivity contribution in [3.8, 4) is 5.69 Å². The SMILES string of the molecule is Cc1cc2c(n1-c1ccc(C(=O)NCCN3CCCCCC3)cc1)CCCC2. The monoisotopic (exact) mass is 379 g/mol. The zero-order valence-corrected chi connectivity index (χ0v) is 17.2. The molecule has 2 heterocycles. The van der Waals surface area contributed by atoms with Gasteiger partial charge in [0.25, 0.3) is 5.91 Å². The van der Waals surface area contributed by atoms with Gasteiger partial charge in [-0.2, -0.15) is 0 Å². The minimum Gasteiger partial charge on any atom is -0.351 e. The molecule has 4 heteroatoms. The van der Waals surface area contributed by atoms with Crippen LogP contribution in [0.3, 0.4) is 0 Å². The number of fused-ring (bicyclic) bond motifs is 1. The minimum atomic E-state index is 0.0348. The van der Waals surface area contributed by atoms with Crippen LogP contribution in [-0.2, 0) is 12.8 Å². The molecular formula is C24H33N3O. The lowest BCUT2D eigenvalue weighted by atomic mass is 9.98. The van der Waals surface area contributed by atoms with Crippen LogP contribution in [0.15, 0.2) is 30.3 Å². The maximum Gasteiger partial charge on any atom is 0.251 e. The Labute approximate surface area is 168 Å². The van der Waals surface area contributed by atoms with E-state index in [0.717, 1.165) is 25.1 Å². The summed E-state index contributed by atoms with van der Waals surface area (Å²) in [6.45, 7) is 6.21. The van der Waals surface area contributed by atoms with E-state index in [-0.39, 0.29) is 5.91 Å². The van der Waals surface area contributed by atoms with Crippen LogP contribution in [0.4, 0.5) is 0 Å². The molecule has 1 aliphatic heterocycles. The quantitative estimate of drug-likeness (QED) is 0.842. The van der Waals surface area contributed by atoms with Gasteiger partial charge >= 0.3 is 0 Å². The fraction of sp³-hybridized carbons (Fsp3) is 0.542. The molecule has 150 valence electrons. The molecule has 0 bridgehead atoms. The van der Waals surface area contributed by atoms with Gasteiger partial charge in [0, 0.05) is 35.7 Å². The molecule has 1 N–H and O–H groups in total. The van der Waals surface area contributed by atoms with Crippen molar-refractivity contribution < 1.29 is 4.79 Å². The van der Waals surface area contributed by atoms with Gasteiger partial charge in [-0.3, -0.25) is 4.79 Å². The maximum atomic E-state index is 12.5. The Hall–Kier alpha value is -2.07. The maximum absolute atomic E-state index is 12.5. The summed E-state index contributed by atoms with van der Waals surface area (Å²) in [4.78, 5) is 15.0. The van der Waals surface area contributed by atoms with Crippen molar-refractivity contribution in [2.45, 2.75) is 58.3 Å². The number of rotatable bonds is 5. The Morgan fingerprint density at radius 2 is 1.68 bits per heavy atom. The second-order valence-corrected chi connectivity index (χ2v) is 8.36. The Morgan fingerprint density at radius 3 is 2.43 bits per heavy atom. The zero-order valence-electron chi connectivity index (χ0n) is 17.2. The molecule has 2 aliphatic rings. The van der Waals surface area contributed by atoms with E-state index < -0.39 is 0 Å². The number of aromatic nitrogens is 1. The third kappa shape index (κ3) is 4.33. The first-order valence-corrected chi connectivity index (χ1v) is 11.0. The molecule has 1 saturated heterocycles.